The van der Waals surface area contributed by atoms with Crippen LogP contribution in [0.15, 0.2) is 16.6 Å². The second-order valence-corrected chi connectivity index (χ2v) is 2.95. The van der Waals surface area contributed by atoms with Gasteiger partial charge in [-0.05, 0) is 12.1 Å². The van der Waals surface area contributed by atoms with E-state index in [1.54, 1.807) is 12.1 Å². The summed E-state index contributed by atoms with van der Waals surface area (Å²) in [7, 11) is 0. The average molecular weight is 220 g/mol. The van der Waals surface area contributed by atoms with Gasteiger partial charge in [-0.3, -0.25) is 4.79 Å². The predicted octanol–water partition coefficient (Wildman–Crippen LogP) is 2.31. The lowest BCUT2D eigenvalue weighted by Gasteiger charge is -1.92. The van der Waals surface area contributed by atoms with Gasteiger partial charge in [0.05, 0.1) is 0 Å². The highest BCUT2D eigenvalue weighted by Crippen LogP contribution is 2.14. The van der Waals surface area contributed by atoms with E-state index in [0.717, 1.165) is 4.47 Å². The van der Waals surface area contributed by atoms with E-state index < -0.39 is 0 Å². The van der Waals surface area contributed by atoms with Crippen molar-refractivity contribution in [3.05, 3.63) is 27.5 Å². The molecule has 0 saturated carbocycles. The Hall–Kier alpha value is -0.410. The minimum Gasteiger partial charge on any atom is -0.296 e. The van der Waals surface area contributed by atoms with Crippen LogP contribution in [0.4, 0.5) is 0 Å². The van der Waals surface area contributed by atoms with Crippen LogP contribution in [0.1, 0.15) is 10.5 Å². The Bertz CT molecular complexity index is 244. The van der Waals surface area contributed by atoms with Gasteiger partial charge >= 0.3 is 0 Å². The molecule has 0 radical (unpaired) electrons. The van der Waals surface area contributed by atoms with E-state index in [1.807, 2.05) is 0 Å². The van der Waals surface area contributed by atoms with Crippen LogP contribution in [0.5, 0.6) is 0 Å². The van der Waals surface area contributed by atoms with Crippen molar-refractivity contribution in [1.29, 1.82) is 0 Å². The van der Waals surface area contributed by atoms with Crippen molar-refractivity contribution < 1.29 is 4.79 Å². The van der Waals surface area contributed by atoms with Crippen molar-refractivity contribution in [2.75, 3.05) is 0 Å². The molecule has 0 aliphatic carbocycles. The summed E-state index contributed by atoms with van der Waals surface area (Å²) in [5.41, 5.74) is 0.333. The van der Waals surface area contributed by atoms with Crippen LogP contribution in [-0.2, 0) is 0 Å². The van der Waals surface area contributed by atoms with Gasteiger partial charge in [-0.25, -0.2) is 4.98 Å². The van der Waals surface area contributed by atoms with Crippen LogP contribution in [0.2, 0.25) is 5.15 Å². The van der Waals surface area contributed by atoms with Crippen LogP contribution in [0, 0.1) is 0 Å². The molecule has 1 aromatic heterocycles. The smallest absolute Gasteiger partial charge is 0.168 e. The van der Waals surface area contributed by atoms with Gasteiger partial charge in [0.2, 0.25) is 0 Å². The number of carbonyl (C=O) groups excluding carboxylic acids is 1. The Morgan fingerprint density at radius 3 is 2.80 bits per heavy atom. The van der Waals surface area contributed by atoms with Crippen LogP contribution in [0.25, 0.3) is 0 Å². The van der Waals surface area contributed by atoms with Gasteiger partial charge < -0.3 is 0 Å². The summed E-state index contributed by atoms with van der Waals surface area (Å²) in [6, 6.07) is 3.22. The summed E-state index contributed by atoms with van der Waals surface area (Å²) >= 11 is 8.70. The molecule has 0 fully saturated rings. The zero-order valence-electron chi connectivity index (χ0n) is 4.84. The number of hydrogen-bond acceptors (Lipinski definition) is 2. The summed E-state index contributed by atoms with van der Waals surface area (Å²) in [6.45, 7) is 0. The Kier molecular flexibility index (Phi) is 2.40. The number of aldehydes is 1. The molecule has 1 heterocycles. The second-order valence-electron chi connectivity index (χ2n) is 1.65. The highest BCUT2D eigenvalue weighted by molar-refractivity contribution is 9.10. The van der Waals surface area contributed by atoms with Crippen LogP contribution < -0.4 is 0 Å². The van der Waals surface area contributed by atoms with Gasteiger partial charge in [-0.1, -0.05) is 27.5 Å². The molecule has 0 aliphatic heterocycles. The highest BCUT2D eigenvalue weighted by Gasteiger charge is 1.96. The summed E-state index contributed by atoms with van der Waals surface area (Å²) in [5, 5.41) is 0.316. The predicted molar refractivity (Wildman–Crippen MR) is 42.3 cm³/mol. The van der Waals surface area contributed by atoms with Crippen LogP contribution >= 0.6 is 27.5 Å². The zero-order valence-corrected chi connectivity index (χ0v) is 7.19. The first kappa shape index (κ1) is 7.69. The fourth-order valence-corrected chi connectivity index (χ4v) is 1.34. The van der Waals surface area contributed by atoms with Crippen molar-refractivity contribution in [2.24, 2.45) is 0 Å². The molecule has 0 aliphatic rings. The summed E-state index contributed by atoms with van der Waals surface area (Å²) in [5.74, 6) is 0. The van der Waals surface area contributed by atoms with Crippen molar-refractivity contribution in [2.45, 2.75) is 0 Å². The van der Waals surface area contributed by atoms with Gasteiger partial charge in [-0.15, -0.1) is 0 Å². The molecule has 0 atom stereocenters. The largest absolute Gasteiger partial charge is 0.296 e. The van der Waals surface area contributed by atoms with Gasteiger partial charge in [-0.2, -0.15) is 0 Å². The summed E-state index contributed by atoms with van der Waals surface area (Å²) < 4.78 is 0.759. The monoisotopic (exact) mass is 219 g/mol. The Morgan fingerprint density at radius 1 is 1.60 bits per heavy atom. The minimum absolute atomic E-state index is 0.316. The molecule has 0 N–H and O–H groups in total. The fourth-order valence-electron chi connectivity index (χ4n) is 0.545. The first-order valence-corrected chi connectivity index (χ1v) is 3.68. The standard InChI is InChI=1S/C6H3BrClNO/c7-4-1-5(3-10)9-6(8)2-4/h1-3H. The molecular weight excluding hydrogens is 217 g/mol. The lowest BCUT2D eigenvalue weighted by atomic mass is 10.4. The van der Waals surface area contributed by atoms with Crippen molar-refractivity contribution in [3.8, 4) is 0 Å². The fraction of sp³-hybridized carbons (Fsp3) is 0. The molecule has 52 valence electrons. The van der Waals surface area contributed by atoms with E-state index in [1.165, 1.54) is 0 Å². The topological polar surface area (TPSA) is 30.0 Å². The van der Waals surface area contributed by atoms with Crippen molar-refractivity contribution in [1.82, 2.24) is 4.98 Å². The number of rotatable bonds is 1. The SMILES string of the molecule is O=Cc1cc(Br)cc(Cl)n1. The third-order valence-electron chi connectivity index (χ3n) is 0.899. The third-order valence-corrected chi connectivity index (χ3v) is 1.55. The first-order valence-electron chi connectivity index (χ1n) is 2.50. The molecule has 2 nitrogen and oxygen atoms in total. The molecule has 0 saturated heterocycles. The molecule has 10 heavy (non-hydrogen) atoms. The number of carbonyl (C=O) groups is 1. The Balaban J connectivity index is 3.18. The molecule has 0 bridgehead atoms. The number of hydrogen-bond donors (Lipinski definition) is 0. The number of halogens is 2. The van der Waals surface area contributed by atoms with E-state index in [-0.39, 0.29) is 0 Å². The maximum absolute atomic E-state index is 10.2. The van der Waals surface area contributed by atoms with Crippen LogP contribution in [0.3, 0.4) is 0 Å². The third kappa shape index (κ3) is 1.78. The second kappa shape index (κ2) is 3.12. The molecular formula is C6H3BrClNO. The van der Waals surface area contributed by atoms with E-state index >= 15 is 0 Å². The highest BCUT2D eigenvalue weighted by atomic mass is 79.9. The summed E-state index contributed by atoms with van der Waals surface area (Å²) in [6.07, 6.45) is 0.649. The average Bonchev–Trinajstić information content (AvgIpc) is 1.85. The lowest BCUT2D eigenvalue weighted by molar-refractivity contribution is 0.111. The maximum atomic E-state index is 10.2. The van der Waals surface area contributed by atoms with Gasteiger partial charge in [0, 0.05) is 4.47 Å². The van der Waals surface area contributed by atoms with Crippen molar-refractivity contribution in [3.63, 3.8) is 0 Å². The van der Waals surface area contributed by atoms with Crippen molar-refractivity contribution >= 4 is 33.8 Å². The van der Waals surface area contributed by atoms with E-state index in [2.05, 4.69) is 20.9 Å². The molecule has 0 amide bonds. The quantitative estimate of drug-likeness (QED) is 0.537. The Morgan fingerprint density at radius 2 is 2.30 bits per heavy atom. The molecule has 4 heteroatoms. The van der Waals surface area contributed by atoms with Gasteiger partial charge in [0.1, 0.15) is 10.8 Å². The van der Waals surface area contributed by atoms with Crippen LogP contribution in [-0.4, -0.2) is 11.3 Å². The first-order chi connectivity index (χ1) is 4.72. The lowest BCUT2D eigenvalue weighted by Crippen LogP contribution is -1.85. The number of nitrogens with zero attached hydrogens (tertiary/aromatic N) is 1. The Labute approximate surface area is 71.3 Å². The number of pyridine rings is 1. The van der Waals surface area contributed by atoms with E-state index in [0.29, 0.717) is 17.1 Å². The molecule has 0 aromatic carbocycles. The molecule has 1 rings (SSSR count). The molecule has 0 unspecified atom stereocenters. The number of aromatic nitrogens is 1. The normalized spacial score (nSPS) is 9.40. The molecule has 1 aromatic rings. The minimum atomic E-state index is 0.316. The zero-order chi connectivity index (χ0) is 7.56. The molecule has 0 spiro atoms. The van der Waals surface area contributed by atoms with Gasteiger partial charge in [0.25, 0.3) is 0 Å². The van der Waals surface area contributed by atoms with Gasteiger partial charge in [0.15, 0.2) is 6.29 Å². The maximum Gasteiger partial charge on any atom is 0.168 e. The van der Waals surface area contributed by atoms with E-state index in [9.17, 15) is 4.79 Å². The summed E-state index contributed by atoms with van der Waals surface area (Å²) in [4.78, 5) is 13.9. The van der Waals surface area contributed by atoms with E-state index in [4.69, 9.17) is 11.6 Å².